The van der Waals surface area contributed by atoms with E-state index in [4.69, 9.17) is 0 Å². The molecule has 2 aromatic heterocycles. The molecule has 1 fully saturated rings. The molecule has 3 rings (SSSR count). The van der Waals surface area contributed by atoms with Crippen LogP contribution in [0.4, 0.5) is 5.82 Å². The molecule has 1 amide bonds. The second kappa shape index (κ2) is 6.08. The molecular formula is C16H20N4O. The van der Waals surface area contributed by atoms with Gasteiger partial charge in [-0.25, -0.2) is 0 Å². The number of pyridine rings is 1. The molecule has 0 spiro atoms. The number of nitrogens with one attached hydrogen (secondary N) is 2. The molecule has 2 aromatic rings. The van der Waals surface area contributed by atoms with E-state index in [1.54, 1.807) is 6.20 Å². The lowest BCUT2D eigenvalue weighted by Gasteiger charge is -2.04. The van der Waals surface area contributed by atoms with E-state index in [9.17, 15) is 4.79 Å². The van der Waals surface area contributed by atoms with Gasteiger partial charge in [-0.05, 0) is 37.0 Å². The van der Waals surface area contributed by atoms with E-state index in [2.05, 4.69) is 27.4 Å². The van der Waals surface area contributed by atoms with Crippen LogP contribution in [0.5, 0.6) is 0 Å². The van der Waals surface area contributed by atoms with Gasteiger partial charge in [0.05, 0.1) is 0 Å². The standard InChI is InChI=1S/C16H20N4O/c1-2-11-7-8-17-14(9-11)16(21)18-15-10-13(19-20-15)12-5-3-4-6-12/h7-10,12H,2-6H2,1H3,(H2,18,19,20,21). The summed E-state index contributed by atoms with van der Waals surface area (Å²) in [6.45, 7) is 2.05. The van der Waals surface area contributed by atoms with Crippen molar-refractivity contribution in [2.45, 2.75) is 44.9 Å². The van der Waals surface area contributed by atoms with Gasteiger partial charge in [0.15, 0.2) is 5.82 Å². The number of aromatic amines is 1. The molecule has 0 atom stereocenters. The predicted molar refractivity (Wildman–Crippen MR) is 81.4 cm³/mol. The summed E-state index contributed by atoms with van der Waals surface area (Å²) in [7, 11) is 0. The van der Waals surface area contributed by atoms with Crippen LogP contribution in [-0.4, -0.2) is 21.1 Å². The van der Waals surface area contributed by atoms with Crippen molar-refractivity contribution < 1.29 is 4.79 Å². The maximum atomic E-state index is 12.2. The van der Waals surface area contributed by atoms with Crippen LogP contribution < -0.4 is 5.32 Å². The molecule has 5 heteroatoms. The van der Waals surface area contributed by atoms with Crippen molar-refractivity contribution >= 4 is 11.7 Å². The maximum absolute atomic E-state index is 12.2. The number of amides is 1. The fourth-order valence-corrected chi connectivity index (χ4v) is 2.85. The highest BCUT2D eigenvalue weighted by Gasteiger charge is 2.19. The molecule has 1 saturated carbocycles. The Balaban J connectivity index is 1.69. The third kappa shape index (κ3) is 3.12. The number of carbonyl (C=O) groups excluding carboxylic acids is 1. The fourth-order valence-electron chi connectivity index (χ4n) is 2.85. The molecule has 0 radical (unpaired) electrons. The van der Waals surface area contributed by atoms with Crippen LogP contribution >= 0.6 is 0 Å². The van der Waals surface area contributed by atoms with Crippen molar-refractivity contribution in [3.8, 4) is 0 Å². The Hall–Kier alpha value is -2.17. The Bertz CT molecular complexity index is 629. The van der Waals surface area contributed by atoms with Crippen LogP contribution in [0, 0.1) is 0 Å². The van der Waals surface area contributed by atoms with Crippen LogP contribution in [0.1, 0.15) is 60.3 Å². The number of carbonyl (C=O) groups is 1. The van der Waals surface area contributed by atoms with Crippen LogP contribution in [0.25, 0.3) is 0 Å². The Morgan fingerprint density at radius 1 is 1.38 bits per heavy atom. The zero-order chi connectivity index (χ0) is 14.7. The summed E-state index contributed by atoms with van der Waals surface area (Å²) in [6.07, 6.45) is 7.52. The Morgan fingerprint density at radius 2 is 2.19 bits per heavy atom. The minimum atomic E-state index is -0.213. The molecule has 1 aliphatic rings. The smallest absolute Gasteiger partial charge is 0.275 e. The summed E-state index contributed by atoms with van der Waals surface area (Å²) >= 11 is 0. The van der Waals surface area contributed by atoms with Gasteiger partial charge in [0.2, 0.25) is 0 Å². The number of nitrogens with zero attached hydrogens (tertiary/aromatic N) is 2. The summed E-state index contributed by atoms with van der Waals surface area (Å²) in [5, 5.41) is 10.0. The maximum Gasteiger partial charge on any atom is 0.275 e. The Morgan fingerprint density at radius 3 is 2.95 bits per heavy atom. The third-order valence-electron chi connectivity index (χ3n) is 4.10. The first-order valence-corrected chi connectivity index (χ1v) is 7.58. The van der Waals surface area contributed by atoms with Crippen molar-refractivity contribution in [2.24, 2.45) is 0 Å². The van der Waals surface area contributed by atoms with E-state index >= 15 is 0 Å². The molecular weight excluding hydrogens is 264 g/mol. The first-order chi connectivity index (χ1) is 10.3. The Kier molecular flexibility index (Phi) is 3.99. The van der Waals surface area contributed by atoms with Gasteiger partial charge in [-0.2, -0.15) is 5.10 Å². The average Bonchev–Trinajstić information content (AvgIpc) is 3.18. The molecule has 0 unspecified atom stereocenters. The van der Waals surface area contributed by atoms with Gasteiger partial charge in [-0.1, -0.05) is 19.8 Å². The highest BCUT2D eigenvalue weighted by molar-refractivity contribution is 6.02. The summed E-state index contributed by atoms with van der Waals surface area (Å²) in [5.74, 6) is 0.921. The number of hydrogen-bond donors (Lipinski definition) is 2. The lowest BCUT2D eigenvalue weighted by Crippen LogP contribution is -2.14. The molecule has 21 heavy (non-hydrogen) atoms. The van der Waals surface area contributed by atoms with E-state index < -0.39 is 0 Å². The van der Waals surface area contributed by atoms with Gasteiger partial charge in [-0.3, -0.25) is 14.9 Å². The molecule has 0 saturated heterocycles. The zero-order valence-corrected chi connectivity index (χ0v) is 12.2. The molecule has 2 heterocycles. The number of H-pyrrole nitrogens is 1. The first kappa shape index (κ1) is 13.8. The topological polar surface area (TPSA) is 70.7 Å². The SMILES string of the molecule is CCc1ccnc(C(=O)Nc2cc(C3CCCC3)[nH]n2)c1. The fraction of sp³-hybridized carbons (Fsp3) is 0.438. The quantitative estimate of drug-likeness (QED) is 0.905. The van der Waals surface area contributed by atoms with Crippen molar-refractivity contribution in [1.82, 2.24) is 15.2 Å². The molecule has 1 aliphatic carbocycles. The molecule has 2 N–H and O–H groups in total. The van der Waals surface area contributed by atoms with Crippen molar-refractivity contribution in [1.29, 1.82) is 0 Å². The van der Waals surface area contributed by atoms with E-state index in [0.717, 1.165) is 17.7 Å². The minimum absolute atomic E-state index is 0.213. The summed E-state index contributed by atoms with van der Waals surface area (Å²) < 4.78 is 0. The Labute approximate surface area is 124 Å². The van der Waals surface area contributed by atoms with Crippen LogP contribution in [0.3, 0.4) is 0 Å². The molecule has 0 bridgehead atoms. The number of anilines is 1. The summed E-state index contributed by atoms with van der Waals surface area (Å²) in [5.41, 5.74) is 2.65. The van der Waals surface area contributed by atoms with Crippen molar-refractivity contribution in [3.63, 3.8) is 0 Å². The normalized spacial score (nSPS) is 15.3. The summed E-state index contributed by atoms with van der Waals surface area (Å²) in [4.78, 5) is 16.3. The second-order valence-corrected chi connectivity index (χ2v) is 5.55. The van der Waals surface area contributed by atoms with Gasteiger partial charge < -0.3 is 5.32 Å². The average molecular weight is 284 g/mol. The summed E-state index contributed by atoms with van der Waals surface area (Å²) in [6, 6.07) is 5.68. The molecule has 110 valence electrons. The molecule has 5 nitrogen and oxygen atoms in total. The van der Waals surface area contributed by atoms with Gasteiger partial charge in [0.1, 0.15) is 5.69 Å². The number of rotatable bonds is 4. The second-order valence-electron chi connectivity index (χ2n) is 5.55. The van der Waals surface area contributed by atoms with Gasteiger partial charge in [0.25, 0.3) is 5.91 Å². The molecule has 0 aliphatic heterocycles. The van der Waals surface area contributed by atoms with E-state index in [0.29, 0.717) is 17.4 Å². The zero-order valence-electron chi connectivity index (χ0n) is 12.2. The lowest BCUT2D eigenvalue weighted by atomic mass is 10.0. The van der Waals surface area contributed by atoms with Gasteiger partial charge in [-0.15, -0.1) is 0 Å². The number of aromatic nitrogens is 3. The van der Waals surface area contributed by atoms with Crippen molar-refractivity contribution in [3.05, 3.63) is 41.3 Å². The first-order valence-electron chi connectivity index (χ1n) is 7.58. The van der Waals surface area contributed by atoms with E-state index in [1.807, 2.05) is 18.2 Å². The van der Waals surface area contributed by atoms with Crippen LogP contribution in [0.15, 0.2) is 24.4 Å². The van der Waals surface area contributed by atoms with E-state index in [-0.39, 0.29) is 5.91 Å². The van der Waals surface area contributed by atoms with Gasteiger partial charge >= 0.3 is 0 Å². The van der Waals surface area contributed by atoms with Gasteiger partial charge in [0, 0.05) is 23.9 Å². The van der Waals surface area contributed by atoms with Crippen molar-refractivity contribution in [2.75, 3.05) is 5.32 Å². The molecule has 0 aromatic carbocycles. The lowest BCUT2D eigenvalue weighted by molar-refractivity contribution is 0.102. The third-order valence-corrected chi connectivity index (χ3v) is 4.10. The van der Waals surface area contributed by atoms with Crippen LogP contribution in [-0.2, 0) is 6.42 Å². The van der Waals surface area contributed by atoms with Crippen LogP contribution in [0.2, 0.25) is 0 Å². The predicted octanol–water partition coefficient (Wildman–Crippen LogP) is 3.28. The number of hydrogen-bond acceptors (Lipinski definition) is 3. The monoisotopic (exact) mass is 284 g/mol. The number of aryl methyl sites for hydroxylation is 1. The largest absolute Gasteiger partial charge is 0.304 e. The highest BCUT2D eigenvalue weighted by Crippen LogP contribution is 2.33. The highest BCUT2D eigenvalue weighted by atomic mass is 16.1. The minimum Gasteiger partial charge on any atom is -0.304 e. The van der Waals surface area contributed by atoms with E-state index in [1.165, 1.54) is 25.7 Å².